The zero-order chi connectivity index (χ0) is 31.0. The van der Waals surface area contributed by atoms with Crippen LogP contribution in [0.3, 0.4) is 0 Å². The van der Waals surface area contributed by atoms with E-state index < -0.39 is 24.0 Å². The Bertz CT molecular complexity index is 1390. The SMILES string of the molecule is C#CC1CN(C(=O)[C@@H](NC(=O)c2ccc(-c3nc(N4CCN(C)CC4)sc3F)cc2)C2CCCC2)[C@H]2[C@@H]1OCC2(OC)OC. The molecule has 2 amide bonds. The number of likely N-dealkylation sites (tertiary alicyclic amines) is 1. The van der Waals surface area contributed by atoms with Crippen molar-refractivity contribution in [2.75, 3.05) is 65.5 Å². The number of piperazine rings is 1. The van der Waals surface area contributed by atoms with E-state index in [9.17, 15) is 14.0 Å². The van der Waals surface area contributed by atoms with Crippen LogP contribution >= 0.6 is 11.3 Å². The third-order valence-electron chi connectivity index (χ3n) is 9.75. The molecule has 44 heavy (non-hydrogen) atoms. The molecule has 1 N–H and O–H groups in total. The van der Waals surface area contributed by atoms with Gasteiger partial charge in [-0.3, -0.25) is 9.59 Å². The van der Waals surface area contributed by atoms with E-state index in [1.54, 1.807) is 29.2 Å². The maximum Gasteiger partial charge on any atom is 0.251 e. The lowest BCUT2D eigenvalue weighted by atomic mass is 9.95. The summed E-state index contributed by atoms with van der Waals surface area (Å²) in [4.78, 5) is 38.5. The van der Waals surface area contributed by atoms with Crippen molar-refractivity contribution in [3.8, 4) is 23.6 Å². The van der Waals surface area contributed by atoms with Gasteiger partial charge >= 0.3 is 0 Å². The van der Waals surface area contributed by atoms with Gasteiger partial charge < -0.3 is 34.2 Å². The van der Waals surface area contributed by atoms with Crippen LogP contribution in [0.5, 0.6) is 0 Å². The van der Waals surface area contributed by atoms with Crippen molar-refractivity contribution >= 4 is 28.3 Å². The largest absolute Gasteiger partial charge is 0.369 e. The van der Waals surface area contributed by atoms with Crippen molar-refractivity contribution in [1.82, 2.24) is 20.1 Å². The van der Waals surface area contributed by atoms with Crippen LogP contribution in [-0.4, -0.2) is 111 Å². The second kappa shape index (κ2) is 12.7. The average molecular weight is 626 g/mol. The number of nitrogens with one attached hydrogen (secondary N) is 1. The molecule has 1 aromatic heterocycles. The first kappa shape index (κ1) is 30.9. The lowest BCUT2D eigenvalue weighted by molar-refractivity contribution is -0.227. The highest BCUT2D eigenvalue weighted by Crippen LogP contribution is 2.42. The minimum atomic E-state index is -1.14. The number of carbonyl (C=O) groups excluding carboxylic acids is 2. The van der Waals surface area contributed by atoms with Gasteiger partial charge in [0.2, 0.25) is 16.8 Å². The number of amides is 2. The summed E-state index contributed by atoms with van der Waals surface area (Å²) < 4.78 is 32.5. The highest BCUT2D eigenvalue weighted by molar-refractivity contribution is 7.14. The van der Waals surface area contributed by atoms with Gasteiger partial charge in [0.25, 0.3) is 5.91 Å². The van der Waals surface area contributed by atoms with Crippen LogP contribution in [0.2, 0.25) is 0 Å². The van der Waals surface area contributed by atoms with Crippen LogP contribution in [0.1, 0.15) is 36.0 Å². The molecule has 1 aromatic carbocycles. The van der Waals surface area contributed by atoms with E-state index in [4.69, 9.17) is 20.6 Å². The summed E-state index contributed by atoms with van der Waals surface area (Å²) >= 11 is 1.05. The minimum absolute atomic E-state index is 0.00651. The topological polar surface area (TPSA) is 96.5 Å². The maximum absolute atomic E-state index is 15.0. The van der Waals surface area contributed by atoms with Crippen molar-refractivity contribution in [2.45, 2.75) is 49.7 Å². The number of halogens is 1. The van der Waals surface area contributed by atoms with Gasteiger partial charge in [-0.25, -0.2) is 4.98 Å². The molecule has 10 nitrogen and oxygen atoms in total. The normalized spacial score (nSPS) is 26.0. The molecule has 236 valence electrons. The van der Waals surface area contributed by atoms with E-state index in [1.165, 1.54) is 14.2 Å². The van der Waals surface area contributed by atoms with Gasteiger partial charge in [0, 0.05) is 58.1 Å². The predicted octanol–water partition coefficient (Wildman–Crippen LogP) is 2.84. The standard InChI is InChI=1S/C32H40FN5O5S/c1-5-20-18-38(27-26(20)43-19-32(27,41-3)42-4)30(40)25(21-8-6-7-9-21)34-29(39)23-12-10-22(11-13-23)24-28(33)44-31(35-24)37-16-14-36(2)15-17-37/h1,10-13,20-21,25-27H,6-9,14-19H2,2-4H3,(H,34,39)/t20?,25-,26+,27-/m0/s1. The first-order valence-electron chi connectivity index (χ1n) is 15.3. The van der Waals surface area contributed by atoms with Crippen LogP contribution in [0.15, 0.2) is 24.3 Å². The van der Waals surface area contributed by atoms with Crippen molar-refractivity contribution in [1.29, 1.82) is 0 Å². The fraction of sp³-hybridized carbons (Fsp3) is 0.594. The minimum Gasteiger partial charge on any atom is -0.369 e. The Morgan fingerprint density at radius 2 is 1.84 bits per heavy atom. The van der Waals surface area contributed by atoms with Crippen molar-refractivity contribution < 1.29 is 28.2 Å². The summed E-state index contributed by atoms with van der Waals surface area (Å²) in [5.41, 5.74) is 1.26. The number of ether oxygens (including phenoxy) is 3. The first-order chi connectivity index (χ1) is 21.3. The molecule has 1 saturated carbocycles. The van der Waals surface area contributed by atoms with Gasteiger partial charge in [0.15, 0.2) is 5.13 Å². The molecule has 4 heterocycles. The highest BCUT2D eigenvalue weighted by Gasteiger charge is 2.62. The molecule has 0 bridgehead atoms. The number of terminal acetylenes is 1. The van der Waals surface area contributed by atoms with Crippen molar-refractivity contribution in [3.63, 3.8) is 0 Å². The van der Waals surface area contributed by atoms with Gasteiger partial charge in [-0.05, 0) is 37.9 Å². The number of methoxy groups -OCH3 is 2. The Hall–Kier alpha value is -3.08. The zero-order valence-corrected chi connectivity index (χ0v) is 26.3. The lowest BCUT2D eigenvalue weighted by Crippen LogP contribution is -2.59. The smallest absolute Gasteiger partial charge is 0.251 e. The number of nitrogens with zero attached hydrogens (tertiary/aromatic N) is 4. The first-order valence-corrected chi connectivity index (χ1v) is 16.1. The van der Waals surface area contributed by atoms with Gasteiger partial charge in [0.05, 0.1) is 12.0 Å². The summed E-state index contributed by atoms with van der Waals surface area (Å²) in [6.07, 6.45) is 9.09. The Morgan fingerprint density at radius 3 is 2.48 bits per heavy atom. The molecule has 0 radical (unpaired) electrons. The van der Waals surface area contributed by atoms with E-state index >= 15 is 0 Å². The summed E-state index contributed by atoms with van der Waals surface area (Å²) in [5, 5.41) is 3.36. The van der Waals surface area contributed by atoms with E-state index in [1.807, 2.05) is 0 Å². The van der Waals surface area contributed by atoms with E-state index in [2.05, 4.69) is 33.1 Å². The third-order valence-corrected chi connectivity index (χ3v) is 10.7. The number of hydrogen-bond donors (Lipinski definition) is 1. The average Bonchev–Trinajstić information content (AvgIpc) is 3.85. The summed E-state index contributed by atoms with van der Waals surface area (Å²) in [6.45, 7) is 3.86. The second-order valence-corrected chi connectivity index (χ2v) is 13.1. The summed E-state index contributed by atoms with van der Waals surface area (Å²) in [7, 11) is 5.14. The molecule has 4 aliphatic rings. The number of hydrogen-bond acceptors (Lipinski definition) is 9. The third kappa shape index (κ3) is 5.61. The van der Waals surface area contributed by atoms with Crippen LogP contribution in [0, 0.1) is 29.3 Å². The number of thiazole rings is 1. The monoisotopic (exact) mass is 625 g/mol. The molecular formula is C32H40FN5O5S. The van der Waals surface area contributed by atoms with E-state index in [0.717, 1.165) is 63.2 Å². The number of carbonyl (C=O) groups is 2. The molecule has 12 heteroatoms. The molecular weight excluding hydrogens is 585 g/mol. The van der Waals surface area contributed by atoms with Crippen molar-refractivity contribution in [2.24, 2.45) is 11.8 Å². The molecule has 4 fully saturated rings. The molecule has 3 saturated heterocycles. The number of fused-ring (bicyclic) bond motifs is 1. The number of anilines is 1. The van der Waals surface area contributed by atoms with E-state index in [0.29, 0.717) is 22.8 Å². The van der Waals surface area contributed by atoms with E-state index in [-0.39, 0.29) is 41.1 Å². The van der Waals surface area contributed by atoms with Gasteiger partial charge in [0.1, 0.15) is 24.4 Å². The van der Waals surface area contributed by atoms with Crippen LogP contribution in [0.25, 0.3) is 11.3 Å². The Kier molecular flexibility index (Phi) is 8.95. The summed E-state index contributed by atoms with van der Waals surface area (Å²) in [5.74, 6) is 0.741. The lowest BCUT2D eigenvalue weighted by Gasteiger charge is -2.38. The molecule has 0 spiro atoms. The number of likely N-dealkylation sites (N-methyl/N-ethyl adjacent to an activating group) is 1. The Morgan fingerprint density at radius 1 is 1.16 bits per heavy atom. The van der Waals surface area contributed by atoms with Gasteiger partial charge in [-0.15, -0.1) is 6.42 Å². The van der Waals surface area contributed by atoms with Crippen molar-refractivity contribution in [3.05, 3.63) is 35.0 Å². The number of aromatic nitrogens is 1. The molecule has 1 aliphatic carbocycles. The maximum atomic E-state index is 15.0. The predicted molar refractivity (Wildman–Crippen MR) is 165 cm³/mol. The quantitative estimate of drug-likeness (QED) is 0.354. The number of rotatable bonds is 8. The van der Waals surface area contributed by atoms with Crippen LogP contribution < -0.4 is 10.2 Å². The fourth-order valence-corrected chi connectivity index (χ4v) is 7.96. The molecule has 3 aliphatic heterocycles. The van der Waals surface area contributed by atoms with Crippen LogP contribution in [-0.2, 0) is 19.0 Å². The zero-order valence-electron chi connectivity index (χ0n) is 25.5. The Labute approximate surface area is 261 Å². The highest BCUT2D eigenvalue weighted by atomic mass is 32.1. The second-order valence-electron chi connectivity index (χ2n) is 12.2. The molecule has 1 unspecified atom stereocenters. The van der Waals surface area contributed by atoms with Gasteiger partial charge in [-0.1, -0.05) is 42.2 Å². The Balaban J connectivity index is 1.20. The molecule has 2 aromatic rings. The molecule has 4 atom stereocenters. The van der Waals surface area contributed by atoms with Crippen LogP contribution in [0.4, 0.5) is 9.52 Å². The fourth-order valence-electron chi connectivity index (χ4n) is 7.09. The van der Waals surface area contributed by atoms with Gasteiger partial charge in [-0.2, -0.15) is 4.39 Å². The molecule has 6 rings (SSSR count). The number of benzene rings is 1. The summed E-state index contributed by atoms with van der Waals surface area (Å²) in [6, 6.07) is 5.45.